The molecular weight excluding hydrogens is 361 g/mol. The molecule has 0 spiro atoms. The molecule has 1 aliphatic heterocycles. The number of hydrogen-bond acceptors (Lipinski definition) is 4. The van der Waals surface area contributed by atoms with Gasteiger partial charge in [-0.2, -0.15) is 5.10 Å². The van der Waals surface area contributed by atoms with E-state index in [2.05, 4.69) is 10.2 Å². The molecule has 0 radical (unpaired) electrons. The van der Waals surface area contributed by atoms with Crippen molar-refractivity contribution >= 4 is 29.1 Å². The summed E-state index contributed by atoms with van der Waals surface area (Å²) in [5, 5.41) is 8.31. The number of benzene rings is 1. The number of halogens is 2. The summed E-state index contributed by atoms with van der Waals surface area (Å²) in [6, 6.07) is 7.26. The van der Waals surface area contributed by atoms with Crippen LogP contribution in [0.15, 0.2) is 30.5 Å². The third kappa shape index (κ3) is 4.22. The van der Waals surface area contributed by atoms with E-state index in [4.69, 9.17) is 27.9 Å². The molecule has 0 N–H and O–H groups in total. The van der Waals surface area contributed by atoms with E-state index in [1.54, 1.807) is 6.07 Å². The first-order valence-electron chi connectivity index (χ1n) is 8.28. The maximum absolute atomic E-state index is 12.7. The van der Waals surface area contributed by atoms with Gasteiger partial charge in [0.15, 0.2) is 5.15 Å². The van der Waals surface area contributed by atoms with Gasteiger partial charge < -0.3 is 9.64 Å². The van der Waals surface area contributed by atoms with Crippen LogP contribution in [0.4, 0.5) is 0 Å². The summed E-state index contributed by atoms with van der Waals surface area (Å²) >= 11 is 11.9. The SMILES string of the molecule is CCOc1cc(Cl)ccc1[C@@H]1CCCN(C(=O)c2cnnc(Cl)c2)C1. The lowest BCUT2D eigenvalue weighted by Crippen LogP contribution is -2.39. The number of carbonyl (C=O) groups excluding carboxylic acids is 1. The zero-order valence-corrected chi connectivity index (χ0v) is 15.4. The van der Waals surface area contributed by atoms with Crippen LogP contribution in [0.1, 0.15) is 41.6 Å². The van der Waals surface area contributed by atoms with Gasteiger partial charge in [0.05, 0.1) is 18.4 Å². The van der Waals surface area contributed by atoms with Crippen LogP contribution in [0.3, 0.4) is 0 Å². The van der Waals surface area contributed by atoms with Crippen molar-refractivity contribution in [3.8, 4) is 5.75 Å². The average Bonchev–Trinajstić information content (AvgIpc) is 2.62. The Morgan fingerprint density at radius 3 is 2.96 bits per heavy atom. The molecule has 0 aliphatic carbocycles. The highest BCUT2D eigenvalue weighted by atomic mass is 35.5. The fraction of sp³-hybridized carbons (Fsp3) is 0.389. The molecule has 1 aliphatic rings. The van der Waals surface area contributed by atoms with E-state index in [0.717, 1.165) is 24.2 Å². The van der Waals surface area contributed by atoms with Crippen LogP contribution < -0.4 is 4.74 Å². The molecule has 132 valence electrons. The van der Waals surface area contributed by atoms with E-state index >= 15 is 0 Å². The van der Waals surface area contributed by atoms with Crippen molar-refractivity contribution in [1.29, 1.82) is 0 Å². The summed E-state index contributed by atoms with van der Waals surface area (Å²) in [5.41, 5.74) is 1.55. The van der Waals surface area contributed by atoms with Gasteiger partial charge in [0.25, 0.3) is 5.91 Å². The number of amides is 1. The monoisotopic (exact) mass is 379 g/mol. The first kappa shape index (κ1) is 18.0. The van der Waals surface area contributed by atoms with Gasteiger partial charge in [0.2, 0.25) is 0 Å². The fourth-order valence-corrected chi connectivity index (χ4v) is 3.50. The third-order valence-corrected chi connectivity index (χ3v) is 4.72. The van der Waals surface area contributed by atoms with Crippen LogP contribution in [-0.4, -0.2) is 40.7 Å². The molecule has 1 aromatic heterocycles. The Kier molecular flexibility index (Phi) is 5.76. The number of nitrogens with zero attached hydrogens (tertiary/aromatic N) is 3. The van der Waals surface area contributed by atoms with Crippen molar-refractivity contribution in [2.45, 2.75) is 25.7 Å². The number of piperidine rings is 1. The predicted molar refractivity (Wildman–Crippen MR) is 97.5 cm³/mol. The predicted octanol–water partition coefficient (Wildman–Crippen LogP) is 4.20. The Morgan fingerprint density at radius 2 is 2.20 bits per heavy atom. The zero-order valence-electron chi connectivity index (χ0n) is 13.9. The molecule has 1 atom stereocenters. The minimum Gasteiger partial charge on any atom is -0.494 e. The van der Waals surface area contributed by atoms with Crippen molar-refractivity contribution < 1.29 is 9.53 Å². The van der Waals surface area contributed by atoms with Crippen LogP contribution in [-0.2, 0) is 0 Å². The number of rotatable bonds is 4. The van der Waals surface area contributed by atoms with Crippen molar-refractivity contribution in [3.05, 3.63) is 51.8 Å². The first-order valence-corrected chi connectivity index (χ1v) is 9.04. The number of likely N-dealkylation sites (tertiary alicyclic amines) is 1. The number of carbonyl (C=O) groups is 1. The lowest BCUT2D eigenvalue weighted by atomic mass is 9.89. The maximum atomic E-state index is 12.7. The van der Waals surface area contributed by atoms with Crippen molar-refractivity contribution in [2.24, 2.45) is 0 Å². The summed E-state index contributed by atoms with van der Waals surface area (Å²) < 4.78 is 5.74. The second-order valence-corrected chi connectivity index (χ2v) is 6.80. The molecule has 3 rings (SSSR count). The van der Waals surface area contributed by atoms with Gasteiger partial charge in [-0.3, -0.25) is 4.79 Å². The zero-order chi connectivity index (χ0) is 17.8. The molecule has 5 nitrogen and oxygen atoms in total. The highest BCUT2D eigenvalue weighted by molar-refractivity contribution is 6.30. The molecule has 2 aromatic rings. The van der Waals surface area contributed by atoms with Crippen LogP contribution in [0.25, 0.3) is 0 Å². The van der Waals surface area contributed by atoms with Crippen molar-refractivity contribution in [3.63, 3.8) is 0 Å². The van der Waals surface area contributed by atoms with E-state index in [1.165, 1.54) is 6.20 Å². The Labute approximate surface area is 156 Å². The average molecular weight is 380 g/mol. The van der Waals surface area contributed by atoms with Gasteiger partial charge in [0.1, 0.15) is 5.75 Å². The van der Waals surface area contributed by atoms with E-state index in [-0.39, 0.29) is 17.0 Å². The van der Waals surface area contributed by atoms with Gasteiger partial charge in [-0.1, -0.05) is 29.3 Å². The van der Waals surface area contributed by atoms with E-state index < -0.39 is 0 Å². The summed E-state index contributed by atoms with van der Waals surface area (Å²) in [6.45, 7) is 3.86. The van der Waals surface area contributed by atoms with Gasteiger partial charge in [-0.25, -0.2) is 0 Å². The van der Waals surface area contributed by atoms with Gasteiger partial charge in [-0.15, -0.1) is 5.10 Å². The van der Waals surface area contributed by atoms with Gasteiger partial charge >= 0.3 is 0 Å². The molecule has 7 heteroatoms. The summed E-state index contributed by atoms with van der Waals surface area (Å²) in [6.07, 6.45) is 3.38. The van der Waals surface area contributed by atoms with E-state index in [9.17, 15) is 4.79 Å². The van der Waals surface area contributed by atoms with Crippen molar-refractivity contribution in [1.82, 2.24) is 15.1 Å². The van der Waals surface area contributed by atoms with E-state index in [1.807, 2.05) is 30.0 Å². The molecule has 1 saturated heterocycles. The molecule has 0 unspecified atom stereocenters. The highest BCUT2D eigenvalue weighted by Crippen LogP contribution is 2.35. The normalized spacial score (nSPS) is 17.4. The molecule has 2 heterocycles. The summed E-state index contributed by atoms with van der Waals surface area (Å²) in [4.78, 5) is 14.6. The van der Waals surface area contributed by atoms with Gasteiger partial charge in [0, 0.05) is 24.0 Å². The first-order chi connectivity index (χ1) is 12.1. The smallest absolute Gasteiger partial charge is 0.255 e. The molecule has 1 aromatic carbocycles. The van der Waals surface area contributed by atoms with Gasteiger partial charge in [-0.05, 0) is 43.5 Å². The Bertz CT molecular complexity index is 770. The van der Waals surface area contributed by atoms with Crippen LogP contribution >= 0.6 is 23.2 Å². The second kappa shape index (κ2) is 8.02. The standard InChI is InChI=1S/C18H19Cl2N3O2/c1-2-25-16-9-14(19)5-6-15(16)12-4-3-7-23(11-12)18(24)13-8-17(20)22-21-10-13/h5-6,8-10,12H,2-4,7,11H2,1H3/t12-/m1/s1. The fourth-order valence-electron chi connectivity index (χ4n) is 3.18. The third-order valence-electron chi connectivity index (χ3n) is 4.30. The van der Waals surface area contributed by atoms with E-state index in [0.29, 0.717) is 30.3 Å². The minimum absolute atomic E-state index is 0.0755. The molecular formula is C18H19Cl2N3O2. The lowest BCUT2D eigenvalue weighted by Gasteiger charge is -2.33. The van der Waals surface area contributed by atoms with Crippen molar-refractivity contribution in [2.75, 3.05) is 19.7 Å². The lowest BCUT2D eigenvalue weighted by molar-refractivity contribution is 0.0705. The van der Waals surface area contributed by atoms with Crippen LogP contribution in [0.2, 0.25) is 10.2 Å². The Balaban J connectivity index is 1.81. The quantitative estimate of drug-likeness (QED) is 0.798. The minimum atomic E-state index is -0.0755. The Hall–Kier alpha value is -1.85. The van der Waals surface area contributed by atoms with Crippen LogP contribution in [0, 0.1) is 0 Å². The second-order valence-electron chi connectivity index (χ2n) is 5.97. The van der Waals surface area contributed by atoms with Crippen LogP contribution in [0.5, 0.6) is 5.75 Å². The highest BCUT2D eigenvalue weighted by Gasteiger charge is 2.27. The molecule has 1 fully saturated rings. The Morgan fingerprint density at radius 1 is 1.36 bits per heavy atom. The molecule has 0 bridgehead atoms. The molecule has 0 saturated carbocycles. The largest absolute Gasteiger partial charge is 0.494 e. The summed E-state index contributed by atoms with van der Waals surface area (Å²) in [5.74, 6) is 0.929. The number of ether oxygens (including phenoxy) is 1. The number of hydrogen-bond donors (Lipinski definition) is 0. The topological polar surface area (TPSA) is 55.3 Å². The maximum Gasteiger partial charge on any atom is 0.255 e. The molecule has 25 heavy (non-hydrogen) atoms. The number of aromatic nitrogens is 2. The summed E-state index contributed by atoms with van der Waals surface area (Å²) in [7, 11) is 0. The molecule has 1 amide bonds.